The summed E-state index contributed by atoms with van der Waals surface area (Å²) >= 11 is 6.33. The van der Waals surface area contributed by atoms with E-state index in [4.69, 9.17) is 11.6 Å². The van der Waals surface area contributed by atoms with Crippen LogP contribution in [0, 0.1) is 6.92 Å². The lowest BCUT2D eigenvalue weighted by Crippen LogP contribution is -2.40. The number of phenolic OH excluding ortho intramolecular Hbond substituents is 1. The fourth-order valence-electron chi connectivity index (χ4n) is 3.90. The molecule has 3 heteroatoms. The molecule has 2 aromatic carbocycles. The highest BCUT2D eigenvalue weighted by molar-refractivity contribution is 6.19. The standard InChI is InChI=1S/C20H26ClNO/c1-6-13-8-7-12(2)17-18-14(10-21)11-22(20(3,4)5)15(18)9-16(23)19(13)17/h7-9,14,23H,6,10-11H2,1-5H3. The van der Waals surface area contributed by atoms with E-state index in [1.54, 1.807) is 0 Å². The summed E-state index contributed by atoms with van der Waals surface area (Å²) in [7, 11) is 0. The summed E-state index contributed by atoms with van der Waals surface area (Å²) < 4.78 is 0. The first-order valence-electron chi connectivity index (χ1n) is 8.41. The predicted molar refractivity (Wildman–Crippen MR) is 100 cm³/mol. The molecule has 1 heterocycles. The summed E-state index contributed by atoms with van der Waals surface area (Å²) in [6, 6.07) is 6.26. The van der Waals surface area contributed by atoms with Crippen molar-refractivity contribution in [3.63, 3.8) is 0 Å². The average Bonchev–Trinajstić information content (AvgIpc) is 2.86. The molecule has 2 aromatic rings. The second kappa shape index (κ2) is 5.59. The number of alkyl halides is 1. The van der Waals surface area contributed by atoms with E-state index >= 15 is 0 Å². The molecule has 0 bridgehead atoms. The Bertz CT molecular complexity index is 761. The van der Waals surface area contributed by atoms with Gasteiger partial charge in [-0.15, -0.1) is 11.6 Å². The maximum atomic E-state index is 10.8. The van der Waals surface area contributed by atoms with Gasteiger partial charge in [0, 0.05) is 41.0 Å². The molecule has 0 saturated carbocycles. The van der Waals surface area contributed by atoms with Gasteiger partial charge in [0.1, 0.15) is 5.75 Å². The molecule has 1 N–H and O–H groups in total. The van der Waals surface area contributed by atoms with E-state index in [-0.39, 0.29) is 5.54 Å². The molecule has 0 spiro atoms. The number of aryl methyl sites for hydroxylation is 2. The second-order valence-corrected chi connectivity index (χ2v) is 7.91. The van der Waals surface area contributed by atoms with Crippen molar-refractivity contribution < 1.29 is 5.11 Å². The van der Waals surface area contributed by atoms with E-state index < -0.39 is 0 Å². The number of fused-ring (bicyclic) bond motifs is 3. The first-order chi connectivity index (χ1) is 10.8. The van der Waals surface area contributed by atoms with Crippen molar-refractivity contribution in [3.05, 3.63) is 34.9 Å². The number of hydrogen-bond acceptors (Lipinski definition) is 2. The molecule has 0 fully saturated rings. The van der Waals surface area contributed by atoms with E-state index in [1.165, 1.54) is 22.1 Å². The van der Waals surface area contributed by atoms with Crippen LogP contribution in [0.4, 0.5) is 5.69 Å². The number of nitrogens with zero attached hydrogens (tertiary/aromatic N) is 1. The summed E-state index contributed by atoms with van der Waals surface area (Å²) in [5.41, 5.74) is 4.88. The van der Waals surface area contributed by atoms with E-state index in [9.17, 15) is 5.11 Å². The Kier molecular flexibility index (Phi) is 4.00. The molecule has 0 saturated heterocycles. The van der Waals surface area contributed by atoms with E-state index in [2.05, 4.69) is 51.7 Å². The van der Waals surface area contributed by atoms with Gasteiger partial charge < -0.3 is 10.0 Å². The van der Waals surface area contributed by atoms with Crippen LogP contribution in [0.15, 0.2) is 18.2 Å². The molecular weight excluding hydrogens is 306 g/mol. The Morgan fingerprint density at radius 1 is 1.26 bits per heavy atom. The van der Waals surface area contributed by atoms with Crippen LogP contribution in [0.2, 0.25) is 0 Å². The number of rotatable bonds is 2. The zero-order valence-electron chi connectivity index (χ0n) is 14.7. The Morgan fingerprint density at radius 2 is 1.96 bits per heavy atom. The van der Waals surface area contributed by atoms with Crippen molar-refractivity contribution in [2.75, 3.05) is 17.3 Å². The van der Waals surface area contributed by atoms with Crippen LogP contribution in [0.1, 0.15) is 50.3 Å². The summed E-state index contributed by atoms with van der Waals surface area (Å²) in [4.78, 5) is 2.38. The minimum Gasteiger partial charge on any atom is -0.507 e. The highest BCUT2D eigenvalue weighted by atomic mass is 35.5. The first kappa shape index (κ1) is 16.4. The third-order valence-electron chi connectivity index (χ3n) is 5.05. The highest BCUT2D eigenvalue weighted by Gasteiger charge is 2.36. The molecule has 1 aliphatic rings. The fourth-order valence-corrected chi connectivity index (χ4v) is 4.15. The number of benzene rings is 2. The third kappa shape index (κ3) is 2.48. The van der Waals surface area contributed by atoms with Crippen LogP contribution in [0.3, 0.4) is 0 Å². The second-order valence-electron chi connectivity index (χ2n) is 7.61. The van der Waals surface area contributed by atoms with Gasteiger partial charge in [0.2, 0.25) is 0 Å². The number of halogens is 1. The molecule has 23 heavy (non-hydrogen) atoms. The number of phenols is 1. The quantitative estimate of drug-likeness (QED) is 0.749. The molecule has 0 aliphatic carbocycles. The molecule has 0 radical (unpaired) electrons. The van der Waals surface area contributed by atoms with Crippen molar-refractivity contribution in [2.24, 2.45) is 0 Å². The molecule has 0 amide bonds. The minimum absolute atomic E-state index is 0.00590. The lowest BCUT2D eigenvalue weighted by Gasteiger charge is -2.35. The van der Waals surface area contributed by atoms with Crippen molar-refractivity contribution >= 4 is 28.1 Å². The highest BCUT2D eigenvalue weighted by Crippen LogP contribution is 2.49. The molecule has 1 aliphatic heterocycles. The van der Waals surface area contributed by atoms with Gasteiger partial charge in [-0.2, -0.15) is 0 Å². The van der Waals surface area contributed by atoms with E-state index in [0.717, 1.165) is 24.0 Å². The number of aromatic hydroxyl groups is 1. The van der Waals surface area contributed by atoms with Crippen LogP contribution < -0.4 is 4.90 Å². The average molecular weight is 332 g/mol. The largest absolute Gasteiger partial charge is 0.507 e. The monoisotopic (exact) mass is 331 g/mol. The van der Waals surface area contributed by atoms with E-state index in [0.29, 0.717) is 17.5 Å². The summed E-state index contributed by atoms with van der Waals surface area (Å²) in [5.74, 6) is 1.30. The van der Waals surface area contributed by atoms with Crippen molar-refractivity contribution in [1.82, 2.24) is 0 Å². The van der Waals surface area contributed by atoms with Gasteiger partial charge in [0.25, 0.3) is 0 Å². The van der Waals surface area contributed by atoms with Crippen LogP contribution in [-0.4, -0.2) is 23.1 Å². The predicted octanol–water partition coefficient (Wildman–Crippen LogP) is 5.36. The van der Waals surface area contributed by atoms with Crippen molar-refractivity contribution in [2.45, 2.75) is 52.5 Å². The first-order valence-corrected chi connectivity index (χ1v) is 8.94. The fraction of sp³-hybridized carbons (Fsp3) is 0.500. The van der Waals surface area contributed by atoms with Gasteiger partial charge in [0.05, 0.1) is 0 Å². The van der Waals surface area contributed by atoms with Gasteiger partial charge in [-0.25, -0.2) is 0 Å². The molecule has 3 rings (SSSR count). The lowest BCUT2D eigenvalue weighted by molar-refractivity contribution is 0.479. The summed E-state index contributed by atoms with van der Waals surface area (Å²) in [6.07, 6.45) is 0.914. The normalized spacial score (nSPS) is 17.8. The molecule has 1 atom stereocenters. The smallest absolute Gasteiger partial charge is 0.125 e. The van der Waals surface area contributed by atoms with Crippen LogP contribution in [0.5, 0.6) is 5.75 Å². The van der Waals surface area contributed by atoms with Gasteiger partial charge in [-0.1, -0.05) is 19.1 Å². The molecular formula is C20H26ClNO. The van der Waals surface area contributed by atoms with Crippen molar-refractivity contribution in [3.8, 4) is 5.75 Å². The number of hydrogen-bond donors (Lipinski definition) is 1. The topological polar surface area (TPSA) is 23.5 Å². The zero-order chi connectivity index (χ0) is 16.9. The van der Waals surface area contributed by atoms with Crippen LogP contribution in [0.25, 0.3) is 10.8 Å². The molecule has 1 unspecified atom stereocenters. The Hall–Kier alpha value is -1.41. The van der Waals surface area contributed by atoms with Crippen LogP contribution in [-0.2, 0) is 6.42 Å². The SMILES string of the molecule is CCc1ccc(C)c2c3c(cc(O)c12)N(C(C)(C)C)CC3CCl. The Morgan fingerprint density at radius 3 is 2.52 bits per heavy atom. The Balaban J connectivity index is 2.41. The summed E-state index contributed by atoms with van der Waals surface area (Å²) in [5, 5.41) is 13.0. The van der Waals surface area contributed by atoms with E-state index in [1.807, 2.05) is 6.07 Å². The van der Waals surface area contributed by atoms with Gasteiger partial charge in [0.15, 0.2) is 0 Å². The molecule has 124 valence electrons. The van der Waals surface area contributed by atoms with Crippen molar-refractivity contribution in [1.29, 1.82) is 0 Å². The maximum absolute atomic E-state index is 10.8. The number of anilines is 1. The van der Waals surface area contributed by atoms with Gasteiger partial charge in [-0.3, -0.25) is 0 Å². The lowest BCUT2D eigenvalue weighted by atomic mass is 9.89. The van der Waals surface area contributed by atoms with Crippen LogP contribution >= 0.6 is 11.6 Å². The summed E-state index contributed by atoms with van der Waals surface area (Å²) in [6.45, 7) is 11.8. The van der Waals surface area contributed by atoms with Gasteiger partial charge in [-0.05, 0) is 56.2 Å². The molecule has 2 nitrogen and oxygen atoms in total. The minimum atomic E-state index is 0.00590. The molecule has 0 aromatic heterocycles. The third-order valence-corrected chi connectivity index (χ3v) is 5.43. The Labute approximate surface area is 144 Å². The maximum Gasteiger partial charge on any atom is 0.125 e. The zero-order valence-corrected chi connectivity index (χ0v) is 15.5. The van der Waals surface area contributed by atoms with Gasteiger partial charge >= 0.3 is 0 Å².